The van der Waals surface area contributed by atoms with E-state index in [1.807, 2.05) is 38.6 Å². The van der Waals surface area contributed by atoms with E-state index in [0.717, 1.165) is 31.6 Å². The first-order valence-electron chi connectivity index (χ1n) is 7.24. The van der Waals surface area contributed by atoms with Gasteiger partial charge in [-0.05, 0) is 40.5 Å². The molecule has 6 nitrogen and oxygen atoms in total. The van der Waals surface area contributed by atoms with E-state index in [-0.39, 0.29) is 11.2 Å². The Morgan fingerprint density at radius 1 is 1.15 bits per heavy atom. The van der Waals surface area contributed by atoms with Gasteiger partial charge in [0.1, 0.15) is 5.59 Å². The molecule has 0 unspecified atom stereocenters. The minimum Gasteiger partial charge on any atom is -0.398 e. The largest absolute Gasteiger partial charge is 0.518 e. The van der Waals surface area contributed by atoms with Crippen molar-refractivity contribution in [3.8, 4) is 0 Å². The van der Waals surface area contributed by atoms with Crippen LogP contribution >= 0.6 is 0 Å². The molecule has 0 amide bonds. The highest BCUT2D eigenvalue weighted by atomic mass is 16.7. The van der Waals surface area contributed by atoms with Crippen LogP contribution < -0.4 is 5.59 Å². The van der Waals surface area contributed by atoms with Gasteiger partial charge in [-0.15, -0.1) is 5.10 Å². The van der Waals surface area contributed by atoms with Gasteiger partial charge in [-0.25, -0.2) is 4.68 Å². The second-order valence-electron chi connectivity index (χ2n) is 6.56. The van der Waals surface area contributed by atoms with Crippen LogP contribution in [0.3, 0.4) is 0 Å². The van der Waals surface area contributed by atoms with Gasteiger partial charge in [-0.2, -0.15) is 0 Å². The summed E-state index contributed by atoms with van der Waals surface area (Å²) in [5.74, 6) is 0. The van der Waals surface area contributed by atoms with Gasteiger partial charge in [-0.3, -0.25) is 0 Å². The summed E-state index contributed by atoms with van der Waals surface area (Å²) in [6.45, 7) is 9.73. The van der Waals surface area contributed by atoms with E-state index in [1.54, 1.807) is 0 Å². The van der Waals surface area contributed by atoms with E-state index in [4.69, 9.17) is 14.0 Å². The number of rotatable bonds is 2. The number of nitrogens with zero attached hydrogens (tertiary/aromatic N) is 3. The third-order valence-corrected chi connectivity index (χ3v) is 4.59. The molecule has 110 valence electrons. The summed E-state index contributed by atoms with van der Waals surface area (Å²) in [4.78, 5) is 0. The minimum atomic E-state index is -0.436. The molecule has 2 aliphatic rings. The molecule has 0 aliphatic carbocycles. The molecule has 3 rings (SSSR count). The van der Waals surface area contributed by atoms with Crippen molar-refractivity contribution in [1.29, 1.82) is 0 Å². The SMILES string of the molecule is CC1(C)OB(c2cn(C3CCOCC3)nn2)OC1(C)C. The maximum Gasteiger partial charge on any atom is 0.518 e. The molecule has 0 spiro atoms. The van der Waals surface area contributed by atoms with Crippen molar-refractivity contribution >= 4 is 12.7 Å². The molecule has 0 saturated carbocycles. The first-order chi connectivity index (χ1) is 9.39. The molecule has 20 heavy (non-hydrogen) atoms. The van der Waals surface area contributed by atoms with Crippen molar-refractivity contribution < 1.29 is 14.0 Å². The highest BCUT2D eigenvalue weighted by molar-refractivity contribution is 6.61. The van der Waals surface area contributed by atoms with Crippen LogP contribution in [0.2, 0.25) is 0 Å². The molecule has 0 radical (unpaired) electrons. The molecule has 0 bridgehead atoms. The Balaban J connectivity index is 1.74. The molecule has 2 saturated heterocycles. The van der Waals surface area contributed by atoms with Crippen LogP contribution in [0.15, 0.2) is 6.20 Å². The second kappa shape index (κ2) is 4.82. The Kier molecular flexibility index (Phi) is 3.39. The standard InChI is InChI=1S/C13H22BN3O3/c1-12(2)13(3,4)20-14(19-12)11-9-17(16-15-11)10-5-7-18-8-6-10/h9-10H,5-8H2,1-4H3. The second-order valence-corrected chi connectivity index (χ2v) is 6.56. The Bertz CT molecular complexity index is 467. The Morgan fingerprint density at radius 2 is 1.75 bits per heavy atom. The normalized spacial score (nSPS) is 26.1. The summed E-state index contributed by atoms with van der Waals surface area (Å²) in [5.41, 5.74) is 0.0513. The minimum absolute atomic E-state index is 0.347. The van der Waals surface area contributed by atoms with Gasteiger partial charge < -0.3 is 14.0 Å². The third kappa shape index (κ3) is 2.38. The predicted octanol–water partition coefficient (Wildman–Crippen LogP) is 0.929. The lowest BCUT2D eigenvalue weighted by Crippen LogP contribution is -2.41. The fourth-order valence-electron chi connectivity index (χ4n) is 2.49. The molecule has 0 aromatic carbocycles. The van der Waals surface area contributed by atoms with E-state index in [0.29, 0.717) is 6.04 Å². The number of hydrogen-bond donors (Lipinski definition) is 0. The van der Waals surface area contributed by atoms with Gasteiger partial charge in [0.05, 0.1) is 17.2 Å². The Morgan fingerprint density at radius 3 is 2.35 bits per heavy atom. The molecule has 0 N–H and O–H groups in total. The smallest absolute Gasteiger partial charge is 0.398 e. The summed E-state index contributed by atoms with van der Waals surface area (Å²) in [5, 5.41) is 8.46. The lowest BCUT2D eigenvalue weighted by atomic mass is 9.86. The van der Waals surface area contributed by atoms with Crippen LogP contribution in [0, 0.1) is 0 Å². The van der Waals surface area contributed by atoms with Crippen molar-refractivity contribution in [2.75, 3.05) is 13.2 Å². The summed E-state index contributed by atoms with van der Waals surface area (Å²) in [7, 11) is -0.436. The number of ether oxygens (including phenoxy) is 1. The lowest BCUT2D eigenvalue weighted by Gasteiger charge is -2.32. The molecule has 3 heterocycles. The summed E-state index contributed by atoms with van der Waals surface area (Å²) in [6, 6.07) is 0.368. The maximum atomic E-state index is 5.99. The Hall–Kier alpha value is -0.915. The maximum absolute atomic E-state index is 5.99. The van der Waals surface area contributed by atoms with Crippen molar-refractivity contribution in [2.45, 2.75) is 57.8 Å². The molecule has 1 aromatic rings. The van der Waals surface area contributed by atoms with E-state index in [9.17, 15) is 0 Å². The number of aromatic nitrogens is 3. The van der Waals surface area contributed by atoms with Gasteiger partial charge >= 0.3 is 7.12 Å². The summed E-state index contributed by atoms with van der Waals surface area (Å²) < 4.78 is 19.3. The van der Waals surface area contributed by atoms with Crippen LogP contribution in [-0.2, 0) is 14.0 Å². The molecule has 0 atom stereocenters. The zero-order valence-electron chi connectivity index (χ0n) is 12.6. The first kappa shape index (κ1) is 14.0. The van der Waals surface area contributed by atoms with E-state index in [1.165, 1.54) is 0 Å². The highest BCUT2D eigenvalue weighted by Gasteiger charge is 2.52. The van der Waals surface area contributed by atoms with Gasteiger partial charge in [-0.1, -0.05) is 5.21 Å². The highest BCUT2D eigenvalue weighted by Crippen LogP contribution is 2.36. The van der Waals surface area contributed by atoms with Gasteiger partial charge in [0.2, 0.25) is 0 Å². The zero-order valence-corrected chi connectivity index (χ0v) is 12.6. The predicted molar refractivity (Wildman–Crippen MR) is 74.8 cm³/mol. The summed E-state index contributed by atoms with van der Waals surface area (Å²) >= 11 is 0. The monoisotopic (exact) mass is 279 g/mol. The number of hydrogen-bond acceptors (Lipinski definition) is 5. The van der Waals surface area contributed by atoms with Crippen molar-refractivity contribution in [1.82, 2.24) is 15.0 Å². The molecule has 7 heteroatoms. The molecule has 1 aromatic heterocycles. The van der Waals surface area contributed by atoms with Crippen molar-refractivity contribution in [3.63, 3.8) is 0 Å². The average Bonchev–Trinajstić information content (AvgIpc) is 2.94. The van der Waals surface area contributed by atoms with Crippen LogP contribution in [0.1, 0.15) is 46.6 Å². The third-order valence-electron chi connectivity index (χ3n) is 4.59. The van der Waals surface area contributed by atoms with Gasteiger partial charge in [0, 0.05) is 19.4 Å². The quantitative estimate of drug-likeness (QED) is 0.754. The molecule has 2 aliphatic heterocycles. The zero-order chi connectivity index (χ0) is 14.4. The fraction of sp³-hybridized carbons (Fsp3) is 0.846. The van der Waals surface area contributed by atoms with E-state index < -0.39 is 7.12 Å². The molecular weight excluding hydrogens is 257 g/mol. The van der Waals surface area contributed by atoms with E-state index >= 15 is 0 Å². The average molecular weight is 279 g/mol. The van der Waals surface area contributed by atoms with Crippen LogP contribution in [-0.4, -0.2) is 46.5 Å². The lowest BCUT2D eigenvalue weighted by molar-refractivity contribution is 0.00578. The molecule has 2 fully saturated rings. The van der Waals surface area contributed by atoms with Crippen LogP contribution in [0.25, 0.3) is 0 Å². The van der Waals surface area contributed by atoms with Gasteiger partial charge in [0.15, 0.2) is 0 Å². The van der Waals surface area contributed by atoms with Crippen LogP contribution in [0.5, 0.6) is 0 Å². The first-order valence-corrected chi connectivity index (χ1v) is 7.24. The Labute approximate surface area is 119 Å². The van der Waals surface area contributed by atoms with E-state index in [2.05, 4.69) is 10.3 Å². The van der Waals surface area contributed by atoms with Gasteiger partial charge in [0.25, 0.3) is 0 Å². The fourth-order valence-corrected chi connectivity index (χ4v) is 2.49. The summed E-state index contributed by atoms with van der Waals surface area (Å²) in [6.07, 6.45) is 3.90. The molecular formula is C13H22BN3O3. The topological polar surface area (TPSA) is 58.4 Å². The van der Waals surface area contributed by atoms with Crippen LogP contribution in [0.4, 0.5) is 0 Å². The van der Waals surface area contributed by atoms with Crippen molar-refractivity contribution in [2.24, 2.45) is 0 Å². The van der Waals surface area contributed by atoms with Crippen molar-refractivity contribution in [3.05, 3.63) is 6.20 Å².